The second kappa shape index (κ2) is 8.20. The first-order valence-corrected chi connectivity index (χ1v) is 9.70. The van der Waals surface area contributed by atoms with Gasteiger partial charge in [-0.25, -0.2) is 0 Å². The summed E-state index contributed by atoms with van der Waals surface area (Å²) in [4.78, 5) is 0. The zero-order valence-corrected chi connectivity index (χ0v) is 15.7. The lowest BCUT2D eigenvalue weighted by atomic mass is 9.92. The van der Waals surface area contributed by atoms with Crippen LogP contribution < -0.4 is 5.32 Å². The van der Waals surface area contributed by atoms with Crippen LogP contribution in [0.3, 0.4) is 0 Å². The van der Waals surface area contributed by atoms with Gasteiger partial charge in [0, 0.05) is 6.04 Å². The van der Waals surface area contributed by atoms with Crippen molar-refractivity contribution in [3.8, 4) is 0 Å². The van der Waals surface area contributed by atoms with Crippen molar-refractivity contribution in [2.45, 2.75) is 25.4 Å². The lowest BCUT2D eigenvalue weighted by Gasteiger charge is -2.27. The molecule has 0 unspecified atom stereocenters. The lowest BCUT2D eigenvalue weighted by molar-refractivity contribution is 0.475. The first kappa shape index (κ1) is 17.5. The molecule has 0 saturated heterocycles. The van der Waals surface area contributed by atoms with Crippen molar-refractivity contribution in [2.75, 3.05) is 0 Å². The van der Waals surface area contributed by atoms with Crippen molar-refractivity contribution in [3.05, 3.63) is 120 Å². The van der Waals surface area contributed by atoms with Crippen molar-refractivity contribution in [2.24, 2.45) is 0 Å². The largest absolute Gasteiger partial charge is 0.299 e. The molecule has 4 aromatic carbocycles. The van der Waals surface area contributed by atoms with Crippen LogP contribution in [0.2, 0.25) is 0 Å². The highest BCUT2D eigenvalue weighted by Crippen LogP contribution is 2.32. The zero-order valence-electron chi connectivity index (χ0n) is 15.7. The zero-order chi connectivity index (χ0) is 18.5. The van der Waals surface area contributed by atoms with Crippen LogP contribution in [0.1, 0.15) is 42.1 Å². The van der Waals surface area contributed by atoms with E-state index in [-0.39, 0.29) is 6.04 Å². The van der Waals surface area contributed by atoms with Crippen LogP contribution in [0.15, 0.2) is 103 Å². The molecule has 0 saturated carbocycles. The summed E-state index contributed by atoms with van der Waals surface area (Å²) in [5.41, 5.74) is 3.96. The van der Waals surface area contributed by atoms with Crippen LogP contribution in [0.25, 0.3) is 10.8 Å². The molecule has 0 fully saturated rings. The molecule has 1 heteroatoms. The van der Waals surface area contributed by atoms with Gasteiger partial charge in [0.25, 0.3) is 0 Å². The Morgan fingerprint density at radius 3 is 1.93 bits per heavy atom. The minimum atomic E-state index is 0.141. The van der Waals surface area contributed by atoms with E-state index in [1.54, 1.807) is 0 Å². The highest BCUT2D eigenvalue weighted by molar-refractivity contribution is 5.86. The first-order chi connectivity index (χ1) is 13.4. The van der Waals surface area contributed by atoms with Crippen molar-refractivity contribution < 1.29 is 0 Å². The number of benzene rings is 4. The van der Waals surface area contributed by atoms with Gasteiger partial charge in [0.05, 0.1) is 6.04 Å². The van der Waals surface area contributed by atoms with Gasteiger partial charge in [-0.15, -0.1) is 0 Å². The third-order valence-corrected chi connectivity index (χ3v) is 5.25. The lowest BCUT2D eigenvalue weighted by Crippen LogP contribution is -2.27. The van der Waals surface area contributed by atoms with Gasteiger partial charge in [-0.3, -0.25) is 5.32 Å². The quantitative estimate of drug-likeness (QED) is 0.409. The van der Waals surface area contributed by atoms with Crippen molar-refractivity contribution >= 4 is 10.8 Å². The van der Waals surface area contributed by atoms with Crippen LogP contribution in [0.5, 0.6) is 0 Å². The van der Waals surface area contributed by atoms with Crippen LogP contribution in [0, 0.1) is 0 Å². The minimum Gasteiger partial charge on any atom is -0.299 e. The van der Waals surface area contributed by atoms with Gasteiger partial charge in [-0.2, -0.15) is 0 Å². The molecule has 0 aromatic heterocycles. The SMILES string of the molecule is CC[C@@H](N[C@@H](c1ccccc1)c1cccc2ccccc12)c1ccccc1. The summed E-state index contributed by atoms with van der Waals surface area (Å²) in [5, 5.41) is 6.54. The normalized spacial score (nSPS) is 13.4. The molecular weight excluding hydrogens is 326 g/mol. The molecule has 4 aromatic rings. The number of hydrogen-bond donors (Lipinski definition) is 1. The Balaban J connectivity index is 1.80. The van der Waals surface area contributed by atoms with Crippen LogP contribution in [-0.2, 0) is 0 Å². The van der Waals surface area contributed by atoms with Crippen molar-refractivity contribution in [1.29, 1.82) is 0 Å². The predicted molar refractivity (Wildman–Crippen MR) is 115 cm³/mol. The van der Waals surface area contributed by atoms with E-state index >= 15 is 0 Å². The van der Waals surface area contributed by atoms with Crippen LogP contribution in [0.4, 0.5) is 0 Å². The fraction of sp³-hybridized carbons (Fsp3) is 0.154. The number of nitrogens with one attached hydrogen (secondary N) is 1. The molecule has 0 aliphatic carbocycles. The first-order valence-electron chi connectivity index (χ1n) is 9.70. The molecule has 0 radical (unpaired) electrons. The average molecular weight is 351 g/mol. The van der Waals surface area contributed by atoms with Gasteiger partial charge in [0.2, 0.25) is 0 Å². The summed E-state index contributed by atoms with van der Waals surface area (Å²) in [6.07, 6.45) is 1.04. The fourth-order valence-electron chi connectivity index (χ4n) is 3.85. The minimum absolute atomic E-state index is 0.141. The molecule has 27 heavy (non-hydrogen) atoms. The summed E-state index contributed by atoms with van der Waals surface area (Å²) in [7, 11) is 0. The Morgan fingerprint density at radius 1 is 0.630 bits per heavy atom. The Morgan fingerprint density at radius 2 is 1.22 bits per heavy atom. The maximum atomic E-state index is 3.94. The molecule has 0 aliphatic heterocycles. The molecule has 0 spiro atoms. The molecule has 2 atom stereocenters. The van der Waals surface area contributed by atoms with Crippen LogP contribution >= 0.6 is 0 Å². The topological polar surface area (TPSA) is 12.0 Å². The van der Waals surface area contributed by atoms with E-state index in [1.165, 1.54) is 27.5 Å². The van der Waals surface area contributed by atoms with Crippen molar-refractivity contribution in [1.82, 2.24) is 5.32 Å². The highest BCUT2D eigenvalue weighted by atomic mass is 15.0. The monoisotopic (exact) mass is 351 g/mol. The van der Waals surface area contributed by atoms with Gasteiger partial charge in [-0.1, -0.05) is 110 Å². The molecule has 1 nitrogen and oxygen atoms in total. The number of fused-ring (bicyclic) bond motifs is 1. The van der Waals surface area contributed by atoms with E-state index in [2.05, 4.69) is 115 Å². The van der Waals surface area contributed by atoms with E-state index in [1.807, 2.05) is 0 Å². The number of rotatable bonds is 6. The smallest absolute Gasteiger partial charge is 0.0587 e. The Bertz CT molecular complexity index is 987. The molecular formula is C26H25N. The van der Waals surface area contributed by atoms with E-state index in [4.69, 9.17) is 0 Å². The maximum absolute atomic E-state index is 3.94. The van der Waals surface area contributed by atoms with E-state index in [0.717, 1.165) is 6.42 Å². The molecule has 0 aliphatic rings. The van der Waals surface area contributed by atoms with E-state index in [0.29, 0.717) is 6.04 Å². The summed E-state index contributed by atoms with van der Waals surface area (Å²) >= 11 is 0. The van der Waals surface area contributed by atoms with Gasteiger partial charge >= 0.3 is 0 Å². The van der Waals surface area contributed by atoms with E-state index in [9.17, 15) is 0 Å². The molecule has 1 N–H and O–H groups in total. The summed E-state index contributed by atoms with van der Waals surface area (Å²) in [6, 6.07) is 37.2. The average Bonchev–Trinajstić information content (AvgIpc) is 2.76. The predicted octanol–water partition coefficient (Wildman–Crippen LogP) is 6.67. The molecule has 0 amide bonds. The summed E-state index contributed by atoms with van der Waals surface area (Å²) in [6.45, 7) is 2.25. The van der Waals surface area contributed by atoms with Gasteiger partial charge < -0.3 is 0 Å². The van der Waals surface area contributed by atoms with Gasteiger partial charge in [0.15, 0.2) is 0 Å². The molecule has 4 rings (SSSR count). The molecule has 134 valence electrons. The van der Waals surface area contributed by atoms with Gasteiger partial charge in [0.1, 0.15) is 0 Å². The maximum Gasteiger partial charge on any atom is 0.0587 e. The van der Waals surface area contributed by atoms with Gasteiger partial charge in [-0.05, 0) is 33.9 Å². The Kier molecular flexibility index (Phi) is 5.32. The Hall–Kier alpha value is -2.90. The van der Waals surface area contributed by atoms with Crippen LogP contribution in [-0.4, -0.2) is 0 Å². The summed E-state index contributed by atoms with van der Waals surface area (Å²) < 4.78 is 0. The second-order valence-corrected chi connectivity index (χ2v) is 6.95. The third kappa shape index (κ3) is 3.79. The highest BCUT2D eigenvalue weighted by Gasteiger charge is 2.20. The summed E-state index contributed by atoms with van der Waals surface area (Å²) in [5.74, 6) is 0. The second-order valence-electron chi connectivity index (χ2n) is 6.95. The molecule has 0 heterocycles. The Labute approximate surface area is 161 Å². The third-order valence-electron chi connectivity index (χ3n) is 5.25. The standard InChI is InChI=1S/C26H25N/c1-2-25(21-13-5-3-6-14-21)27-26(22-15-7-4-8-16-22)24-19-11-17-20-12-9-10-18-23(20)24/h3-19,25-27H,2H2,1H3/t25-,26+/m1/s1. The van der Waals surface area contributed by atoms with E-state index < -0.39 is 0 Å². The van der Waals surface area contributed by atoms with Crippen molar-refractivity contribution in [3.63, 3.8) is 0 Å². The fourth-order valence-corrected chi connectivity index (χ4v) is 3.85. The number of hydrogen-bond acceptors (Lipinski definition) is 1. The molecule has 0 bridgehead atoms.